The molecule has 7 heteroatoms. The van der Waals surface area contributed by atoms with Crippen LogP contribution in [0.3, 0.4) is 0 Å². The minimum absolute atomic E-state index is 0.00621. The van der Waals surface area contributed by atoms with Crippen molar-refractivity contribution in [1.29, 1.82) is 0 Å². The molecule has 3 heterocycles. The van der Waals surface area contributed by atoms with E-state index < -0.39 is 0 Å². The standard InChI is InChI=1S/C19H24N6O/c1-4-18(26)25-7-5-6-15(11-25)9-16-10-17(21-12-20-16)24-19-22-13(2)8-14(3)23-19/h4,8,10,12,15H,1,5-7,9,11H2,2-3H3,(H,20,21,22,23,24)/t15-/m0/s1. The molecule has 0 aromatic carbocycles. The Bertz CT molecular complexity index is 786. The maximum Gasteiger partial charge on any atom is 0.245 e. The zero-order valence-electron chi connectivity index (χ0n) is 15.3. The predicted molar refractivity (Wildman–Crippen MR) is 100 cm³/mol. The minimum atomic E-state index is 0.00621. The normalized spacial score (nSPS) is 17.0. The molecule has 0 unspecified atom stereocenters. The molecule has 136 valence electrons. The van der Waals surface area contributed by atoms with Gasteiger partial charge in [0.2, 0.25) is 11.9 Å². The van der Waals surface area contributed by atoms with Crippen LogP contribution in [0.4, 0.5) is 11.8 Å². The second-order valence-corrected chi connectivity index (χ2v) is 6.69. The van der Waals surface area contributed by atoms with Crippen molar-refractivity contribution in [3.63, 3.8) is 0 Å². The van der Waals surface area contributed by atoms with E-state index in [2.05, 4.69) is 31.8 Å². The summed E-state index contributed by atoms with van der Waals surface area (Å²) >= 11 is 0. The number of carbonyl (C=O) groups excluding carboxylic acids is 1. The first-order valence-electron chi connectivity index (χ1n) is 8.85. The van der Waals surface area contributed by atoms with E-state index in [4.69, 9.17) is 0 Å². The highest BCUT2D eigenvalue weighted by atomic mass is 16.2. The zero-order chi connectivity index (χ0) is 18.5. The maximum atomic E-state index is 11.8. The van der Waals surface area contributed by atoms with Gasteiger partial charge in [-0.3, -0.25) is 4.79 Å². The van der Waals surface area contributed by atoms with Gasteiger partial charge < -0.3 is 10.2 Å². The molecular formula is C19H24N6O. The van der Waals surface area contributed by atoms with E-state index in [1.807, 2.05) is 30.9 Å². The first kappa shape index (κ1) is 18.0. The molecule has 0 aliphatic carbocycles. The average Bonchev–Trinajstić information content (AvgIpc) is 2.60. The molecule has 0 spiro atoms. The van der Waals surface area contributed by atoms with Gasteiger partial charge >= 0.3 is 0 Å². The number of hydrogen-bond donors (Lipinski definition) is 1. The summed E-state index contributed by atoms with van der Waals surface area (Å²) in [5, 5.41) is 3.15. The second-order valence-electron chi connectivity index (χ2n) is 6.69. The van der Waals surface area contributed by atoms with Crippen molar-refractivity contribution >= 4 is 17.7 Å². The van der Waals surface area contributed by atoms with Crippen molar-refractivity contribution < 1.29 is 4.79 Å². The molecule has 1 N–H and O–H groups in total. The Labute approximate surface area is 153 Å². The van der Waals surface area contributed by atoms with Crippen LogP contribution in [0.15, 0.2) is 31.1 Å². The zero-order valence-corrected chi connectivity index (χ0v) is 15.3. The summed E-state index contributed by atoms with van der Waals surface area (Å²) in [6, 6.07) is 3.85. The summed E-state index contributed by atoms with van der Waals surface area (Å²) in [7, 11) is 0. The molecule has 0 saturated carbocycles. The van der Waals surface area contributed by atoms with E-state index in [1.54, 1.807) is 6.33 Å². The van der Waals surface area contributed by atoms with E-state index >= 15 is 0 Å². The van der Waals surface area contributed by atoms with Crippen molar-refractivity contribution in [1.82, 2.24) is 24.8 Å². The molecule has 2 aromatic heterocycles. The average molecular weight is 352 g/mol. The van der Waals surface area contributed by atoms with Gasteiger partial charge in [-0.25, -0.2) is 19.9 Å². The fraction of sp³-hybridized carbons (Fsp3) is 0.421. The lowest BCUT2D eigenvalue weighted by Gasteiger charge is -2.32. The highest BCUT2D eigenvalue weighted by Crippen LogP contribution is 2.21. The van der Waals surface area contributed by atoms with E-state index in [0.717, 1.165) is 49.4 Å². The number of likely N-dealkylation sites (tertiary alicyclic amines) is 1. The Balaban J connectivity index is 1.67. The number of piperidine rings is 1. The van der Waals surface area contributed by atoms with E-state index in [-0.39, 0.29) is 5.91 Å². The van der Waals surface area contributed by atoms with Gasteiger partial charge in [-0.15, -0.1) is 0 Å². The first-order valence-corrected chi connectivity index (χ1v) is 8.85. The van der Waals surface area contributed by atoms with Crippen molar-refractivity contribution in [2.75, 3.05) is 18.4 Å². The molecule has 26 heavy (non-hydrogen) atoms. The van der Waals surface area contributed by atoms with Crippen molar-refractivity contribution in [2.45, 2.75) is 33.1 Å². The largest absolute Gasteiger partial charge is 0.339 e. The third-order valence-corrected chi connectivity index (χ3v) is 4.45. The van der Waals surface area contributed by atoms with Gasteiger partial charge in [-0.1, -0.05) is 6.58 Å². The van der Waals surface area contributed by atoms with E-state index in [9.17, 15) is 4.79 Å². The van der Waals surface area contributed by atoms with E-state index in [0.29, 0.717) is 17.7 Å². The van der Waals surface area contributed by atoms with Gasteiger partial charge in [-0.2, -0.15) is 0 Å². The summed E-state index contributed by atoms with van der Waals surface area (Å²) in [6.45, 7) is 9.00. The monoisotopic (exact) mass is 352 g/mol. The van der Waals surface area contributed by atoms with Gasteiger partial charge in [0.15, 0.2) is 0 Å². The van der Waals surface area contributed by atoms with Crippen LogP contribution < -0.4 is 5.32 Å². The number of aryl methyl sites for hydroxylation is 2. The fourth-order valence-corrected chi connectivity index (χ4v) is 3.33. The predicted octanol–water partition coefficient (Wildman–Crippen LogP) is 2.59. The molecule has 1 atom stereocenters. The molecule has 3 rings (SSSR count). The van der Waals surface area contributed by atoms with Crippen LogP contribution in [-0.4, -0.2) is 43.8 Å². The molecule has 1 aliphatic heterocycles. The number of aromatic nitrogens is 4. The lowest BCUT2D eigenvalue weighted by atomic mass is 9.93. The van der Waals surface area contributed by atoms with Crippen LogP contribution in [0, 0.1) is 19.8 Å². The summed E-state index contributed by atoms with van der Waals surface area (Å²) in [6.07, 6.45) is 5.85. The molecule has 0 radical (unpaired) electrons. The van der Waals surface area contributed by atoms with Gasteiger partial charge in [0.25, 0.3) is 0 Å². The number of carbonyl (C=O) groups is 1. The molecule has 1 aliphatic rings. The number of nitrogens with zero attached hydrogens (tertiary/aromatic N) is 5. The van der Waals surface area contributed by atoms with Crippen molar-refractivity contribution in [3.05, 3.63) is 48.2 Å². The highest BCUT2D eigenvalue weighted by molar-refractivity contribution is 5.87. The quantitative estimate of drug-likeness (QED) is 0.833. The summed E-state index contributed by atoms with van der Waals surface area (Å²) in [5.74, 6) is 1.61. The first-order chi connectivity index (χ1) is 12.5. The number of nitrogens with one attached hydrogen (secondary N) is 1. The molecule has 7 nitrogen and oxygen atoms in total. The van der Waals surface area contributed by atoms with Crippen LogP contribution in [0.25, 0.3) is 0 Å². The minimum Gasteiger partial charge on any atom is -0.339 e. The van der Waals surface area contributed by atoms with Crippen molar-refractivity contribution in [2.24, 2.45) is 5.92 Å². The maximum absolute atomic E-state index is 11.8. The lowest BCUT2D eigenvalue weighted by molar-refractivity contribution is -0.127. The Morgan fingerprint density at radius 3 is 2.81 bits per heavy atom. The van der Waals surface area contributed by atoms with Crippen LogP contribution >= 0.6 is 0 Å². The van der Waals surface area contributed by atoms with Gasteiger partial charge in [0.1, 0.15) is 12.1 Å². The third-order valence-electron chi connectivity index (χ3n) is 4.45. The SMILES string of the molecule is C=CC(=O)N1CCC[C@@H](Cc2cc(Nc3nc(C)cc(C)n3)ncn2)C1. The van der Waals surface area contributed by atoms with E-state index in [1.165, 1.54) is 6.08 Å². The molecular weight excluding hydrogens is 328 g/mol. The smallest absolute Gasteiger partial charge is 0.245 e. The summed E-state index contributed by atoms with van der Waals surface area (Å²) in [5.41, 5.74) is 2.76. The van der Waals surface area contributed by atoms with Crippen LogP contribution in [0.5, 0.6) is 0 Å². The Morgan fingerprint density at radius 1 is 1.31 bits per heavy atom. The number of anilines is 2. The Kier molecular flexibility index (Phi) is 5.55. The highest BCUT2D eigenvalue weighted by Gasteiger charge is 2.22. The van der Waals surface area contributed by atoms with Crippen LogP contribution in [0.1, 0.15) is 29.9 Å². The molecule has 1 saturated heterocycles. The van der Waals surface area contributed by atoms with Gasteiger partial charge in [-0.05, 0) is 51.2 Å². The Morgan fingerprint density at radius 2 is 2.08 bits per heavy atom. The number of amides is 1. The molecule has 0 bridgehead atoms. The molecule has 2 aromatic rings. The Hall–Kier alpha value is -2.83. The van der Waals surface area contributed by atoms with Crippen LogP contribution in [0.2, 0.25) is 0 Å². The molecule has 1 amide bonds. The third kappa shape index (κ3) is 4.62. The number of rotatable bonds is 5. The lowest BCUT2D eigenvalue weighted by Crippen LogP contribution is -2.39. The van der Waals surface area contributed by atoms with Crippen molar-refractivity contribution in [3.8, 4) is 0 Å². The fourth-order valence-electron chi connectivity index (χ4n) is 3.33. The summed E-state index contributed by atoms with van der Waals surface area (Å²) < 4.78 is 0. The van der Waals surface area contributed by atoms with Gasteiger partial charge in [0, 0.05) is 36.2 Å². The van der Waals surface area contributed by atoms with Crippen LogP contribution in [-0.2, 0) is 11.2 Å². The topological polar surface area (TPSA) is 83.9 Å². The second kappa shape index (κ2) is 8.03. The number of hydrogen-bond acceptors (Lipinski definition) is 6. The van der Waals surface area contributed by atoms with Gasteiger partial charge in [0.05, 0.1) is 0 Å². The molecule has 1 fully saturated rings. The summed E-state index contributed by atoms with van der Waals surface area (Å²) in [4.78, 5) is 31.1.